The Labute approximate surface area is 121 Å². The third kappa shape index (κ3) is 6.67. The van der Waals surface area contributed by atoms with Crippen LogP contribution in [0.3, 0.4) is 0 Å². The summed E-state index contributed by atoms with van der Waals surface area (Å²) in [4.78, 5) is 12.1. The summed E-state index contributed by atoms with van der Waals surface area (Å²) in [5, 5.41) is 3.38. The first-order valence-electron chi connectivity index (χ1n) is 7.25. The Hall–Kier alpha value is -0.960. The van der Waals surface area contributed by atoms with E-state index in [1.165, 1.54) is 25.7 Å². The van der Waals surface area contributed by atoms with Gasteiger partial charge in [-0.1, -0.05) is 57.7 Å². The molecule has 0 aliphatic carbocycles. The number of carbonyl (C=O) groups excluding carboxylic acids is 1. The fourth-order valence-corrected chi connectivity index (χ4v) is 2.90. The van der Waals surface area contributed by atoms with E-state index in [0.717, 1.165) is 17.7 Å². The van der Waals surface area contributed by atoms with Gasteiger partial charge in [0.15, 0.2) is 0 Å². The molecule has 0 saturated heterocycles. The van der Waals surface area contributed by atoms with Gasteiger partial charge in [-0.05, 0) is 24.3 Å². The maximum atomic E-state index is 12.1. The molecule has 0 saturated carbocycles. The molecule has 0 aromatic heterocycles. The van der Waals surface area contributed by atoms with E-state index in [1.807, 2.05) is 42.1 Å². The van der Waals surface area contributed by atoms with Crippen molar-refractivity contribution < 1.29 is 4.79 Å². The number of hydrogen-bond acceptors (Lipinski definition) is 2. The van der Waals surface area contributed by atoms with Crippen molar-refractivity contribution in [3.05, 3.63) is 35.9 Å². The van der Waals surface area contributed by atoms with Gasteiger partial charge >= 0.3 is 0 Å². The van der Waals surface area contributed by atoms with Crippen molar-refractivity contribution in [1.82, 2.24) is 5.32 Å². The lowest BCUT2D eigenvalue weighted by Crippen LogP contribution is -2.32. The van der Waals surface area contributed by atoms with Crippen LogP contribution < -0.4 is 5.32 Å². The van der Waals surface area contributed by atoms with Crippen LogP contribution in [0.5, 0.6) is 0 Å². The summed E-state index contributed by atoms with van der Waals surface area (Å²) in [7, 11) is 0. The minimum atomic E-state index is 0.0436. The van der Waals surface area contributed by atoms with Crippen molar-refractivity contribution in [2.45, 2.75) is 51.3 Å². The number of thioether (sulfide) groups is 1. The average Bonchev–Trinajstić information content (AvgIpc) is 2.44. The molecule has 0 spiro atoms. The van der Waals surface area contributed by atoms with Gasteiger partial charge in [0, 0.05) is 5.56 Å². The lowest BCUT2D eigenvalue weighted by Gasteiger charge is -2.17. The van der Waals surface area contributed by atoms with Gasteiger partial charge in [0.05, 0.1) is 5.37 Å². The molecule has 1 unspecified atom stereocenters. The van der Waals surface area contributed by atoms with E-state index >= 15 is 0 Å². The van der Waals surface area contributed by atoms with Gasteiger partial charge in [0.25, 0.3) is 5.91 Å². The minimum absolute atomic E-state index is 0.0436. The summed E-state index contributed by atoms with van der Waals surface area (Å²) in [6.45, 7) is 4.35. The molecule has 1 amide bonds. The SMILES string of the molecule is CCCCCCC(NC(=O)c1ccccc1)SCC. The van der Waals surface area contributed by atoms with Crippen molar-refractivity contribution in [3.8, 4) is 0 Å². The minimum Gasteiger partial charge on any atom is -0.340 e. The normalized spacial score (nSPS) is 12.1. The number of hydrogen-bond donors (Lipinski definition) is 1. The topological polar surface area (TPSA) is 29.1 Å². The van der Waals surface area contributed by atoms with Gasteiger partial charge in [-0.2, -0.15) is 0 Å². The van der Waals surface area contributed by atoms with E-state index in [9.17, 15) is 4.79 Å². The molecular formula is C16H25NOS. The van der Waals surface area contributed by atoms with E-state index in [4.69, 9.17) is 0 Å². The first kappa shape index (κ1) is 16.1. The second-order valence-electron chi connectivity index (χ2n) is 4.63. The molecule has 1 aromatic carbocycles. The predicted octanol–water partition coefficient (Wildman–Crippen LogP) is 4.47. The summed E-state index contributed by atoms with van der Waals surface area (Å²) >= 11 is 1.83. The molecule has 0 radical (unpaired) electrons. The van der Waals surface area contributed by atoms with Crippen molar-refractivity contribution in [2.75, 3.05) is 5.75 Å². The zero-order valence-corrected chi connectivity index (χ0v) is 12.8. The van der Waals surface area contributed by atoms with Crippen LogP contribution in [0, 0.1) is 0 Å². The molecule has 0 bridgehead atoms. The first-order chi connectivity index (χ1) is 9.27. The standard InChI is InChI=1S/C16H25NOS/c1-3-5-6-10-13-15(19-4-2)17-16(18)14-11-8-7-9-12-14/h7-9,11-12,15H,3-6,10,13H2,1-2H3,(H,17,18). The molecule has 1 atom stereocenters. The zero-order chi connectivity index (χ0) is 13.9. The lowest BCUT2D eigenvalue weighted by atomic mass is 10.1. The number of nitrogens with one attached hydrogen (secondary N) is 1. The molecule has 1 aromatic rings. The molecule has 0 heterocycles. The van der Waals surface area contributed by atoms with Crippen molar-refractivity contribution in [1.29, 1.82) is 0 Å². The Morgan fingerprint density at radius 2 is 1.89 bits per heavy atom. The molecule has 3 heteroatoms. The summed E-state index contributed by atoms with van der Waals surface area (Å²) in [6, 6.07) is 9.45. The second-order valence-corrected chi connectivity index (χ2v) is 6.11. The number of rotatable bonds is 9. The average molecular weight is 279 g/mol. The maximum Gasteiger partial charge on any atom is 0.252 e. The molecule has 0 aliphatic heterocycles. The van der Waals surface area contributed by atoms with E-state index in [2.05, 4.69) is 19.2 Å². The first-order valence-corrected chi connectivity index (χ1v) is 8.30. The van der Waals surface area contributed by atoms with Gasteiger partial charge in [-0.25, -0.2) is 0 Å². The fraction of sp³-hybridized carbons (Fsp3) is 0.562. The molecule has 0 aliphatic rings. The second kappa shape index (κ2) is 9.90. The van der Waals surface area contributed by atoms with E-state index < -0.39 is 0 Å². The Kier molecular flexibility index (Phi) is 8.39. The summed E-state index contributed by atoms with van der Waals surface area (Å²) < 4.78 is 0. The third-order valence-electron chi connectivity index (χ3n) is 3.02. The van der Waals surface area contributed by atoms with Crippen LogP contribution in [-0.4, -0.2) is 17.0 Å². The number of carbonyl (C=O) groups is 1. The third-order valence-corrected chi connectivity index (χ3v) is 4.11. The van der Waals surface area contributed by atoms with Crippen LogP contribution in [-0.2, 0) is 0 Å². The highest BCUT2D eigenvalue weighted by Gasteiger charge is 2.12. The quantitative estimate of drug-likeness (QED) is 0.534. The van der Waals surface area contributed by atoms with E-state index in [0.29, 0.717) is 0 Å². The summed E-state index contributed by atoms with van der Waals surface area (Å²) in [5.74, 6) is 1.08. The number of amides is 1. The van der Waals surface area contributed by atoms with Gasteiger partial charge in [0.2, 0.25) is 0 Å². The number of unbranched alkanes of at least 4 members (excludes halogenated alkanes) is 3. The van der Waals surface area contributed by atoms with Crippen LogP contribution in [0.4, 0.5) is 0 Å². The zero-order valence-electron chi connectivity index (χ0n) is 12.0. The summed E-state index contributed by atoms with van der Waals surface area (Å²) in [5.41, 5.74) is 0.748. The van der Waals surface area contributed by atoms with Crippen LogP contribution in [0.2, 0.25) is 0 Å². The van der Waals surface area contributed by atoms with Crippen LogP contribution in [0.1, 0.15) is 56.3 Å². The number of benzene rings is 1. The highest BCUT2D eigenvalue weighted by molar-refractivity contribution is 7.99. The Morgan fingerprint density at radius 3 is 2.53 bits per heavy atom. The smallest absolute Gasteiger partial charge is 0.252 e. The van der Waals surface area contributed by atoms with Crippen molar-refractivity contribution in [3.63, 3.8) is 0 Å². The van der Waals surface area contributed by atoms with E-state index in [-0.39, 0.29) is 11.3 Å². The molecular weight excluding hydrogens is 254 g/mol. The van der Waals surface area contributed by atoms with Crippen LogP contribution in [0.25, 0.3) is 0 Å². The predicted molar refractivity (Wildman–Crippen MR) is 84.6 cm³/mol. The molecule has 0 fully saturated rings. The Balaban J connectivity index is 2.41. The van der Waals surface area contributed by atoms with Crippen molar-refractivity contribution >= 4 is 17.7 Å². The van der Waals surface area contributed by atoms with Crippen molar-refractivity contribution in [2.24, 2.45) is 0 Å². The van der Waals surface area contributed by atoms with Crippen LogP contribution >= 0.6 is 11.8 Å². The lowest BCUT2D eigenvalue weighted by molar-refractivity contribution is 0.0948. The molecule has 19 heavy (non-hydrogen) atoms. The van der Waals surface area contributed by atoms with Crippen LogP contribution in [0.15, 0.2) is 30.3 Å². The fourth-order valence-electron chi connectivity index (χ4n) is 1.97. The van der Waals surface area contributed by atoms with Gasteiger partial charge in [0.1, 0.15) is 0 Å². The molecule has 106 valence electrons. The highest BCUT2D eigenvalue weighted by Crippen LogP contribution is 2.16. The van der Waals surface area contributed by atoms with Gasteiger partial charge < -0.3 is 5.32 Å². The Morgan fingerprint density at radius 1 is 1.16 bits per heavy atom. The monoisotopic (exact) mass is 279 g/mol. The highest BCUT2D eigenvalue weighted by atomic mass is 32.2. The summed E-state index contributed by atoms with van der Waals surface area (Å²) in [6.07, 6.45) is 6.06. The largest absolute Gasteiger partial charge is 0.340 e. The van der Waals surface area contributed by atoms with Gasteiger partial charge in [-0.15, -0.1) is 11.8 Å². The van der Waals surface area contributed by atoms with E-state index in [1.54, 1.807) is 0 Å². The van der Waals surface area contributed by atoms with Gasteiger partial charge in [-0.3, -0.25) is 4.79 Å². The molecule has 2 nitrogen and oxygen atoms in total. The maximum absolute atomic E-state index is 12.1. The Bertz CT molecular complexity index is 353. The molecule has 1 rings (SSSR count). The molecule has 1 N–H and O–H groups in total.